The molecule has 1 aromatic heterocycles. The number of imidazole rings is 1. The van der Waals surface area contributed by atoms with Crippen molar-refractivity contribution in [3.63, 3.8) is 0 Å². The summed E-state index contributed by atoms with van der Waals surface area (Å²) in [7, 11) is 1.46. The minimum absolute atomic E-state index is 0.120. The number of fused-ring (bicyclic) bond motifs is 4. The number of ether oxygens (including phenoxy) is 1. The van der Waals surface area contributed by atoms with Gasteiger partial charge in [0, 0.05) is 24.1 Å². The highest BCUT2D eigenvalue weighted by Crippen LogP contribution is 2.45. The van der Waals surface area contributed by atoms with Crippen LogP contribution >= 0.6 is 0 Å². The maximum atomic E-state index is 12.6. The van der Waals surface area contributed by atoms with E-state index in [1.54, 1.807) is 4.90 Å². The molecule has 0 spiro atoms. The van der Waals surface area contributed by atoms with E-state index in [9.17, 15) is 4.79 Å². The summed E-state index contributed by atoms with van der Waals surface area (Å²) in [5.74, 6) is 2.68. The summed E-state index contributed by atoms with van der Waals surface area (Å²) in [6.07, 6.45) is 4.82. The van der Waals surface area contributed by atoms with Gasteiger partial charge in [0.2, 0.25) is 0 Å². The molecule has 33 heavy (non-hydrogen) atoms. The molecule has 3 heterocycles. The molecule has 1 N–H and O–H groups in total. The molecule has 2 fully saturated rings. The van der Waals surface area contributed by atoms with E-state index in [0.717, 1.165) is 61.2 Å². The molecule has 0 radical (unpaired) electrons. The molecule has 6 heteroatoms. The number of nitrogens with zero attached hydrogens (tertiary/aromatic N) is 3. The van der Waals surface area contributed by atoms with Crippen LogP contribution in [0.4, 0.5) is 10.5 Å². The van der Waals surface area contributed by atoms with Crippen LogP contribution in [-0.4, -0.2) is 41.9 Å². The first-order valence-electron chi connectivity index (χ1n) is 12.3. The lowest BCUT2D eigenvalue weighted by Gasteiger charge is -2.34. The maximum absolute atomic E-state index is 12.6. The van der Waals surface area contributed by atoms with Crippen molar-refractivity contribution in [2.45, 2.75) is 51.1 Å². The van der Waals surface area contributed by atoms with Gasteiger partial charge < -0.3 is 14.6 Å². The second-order valence-electron chi connectivity index (χ2n) is 10.0. The van der Waals surface area contributed by atoms with Crippen LogP contribution < -0.4 is 10.2 Å². The zero-order valence-electron chi connectivity index (χ0n) is 19.5. The van der Waals surface area contributed by atoms with E-state index >= 15 is 0 Å². The summed E-state index contributed by atoms with van der Waals surface area (Å²) in [4.78, 5) is 19.7. The molecule has 1 amide bonds. The van der Waals surface area contributed by atoms with E-state index in [4.69, 9.17) is 9.72 Å². The van der Waals surface area contributed by atoms with Crippen LogP contribution in [0.1, 0.15) is 49.2 Å². The van der Waals surface area contributed by atoms with Gasteiger partial charge in [0.1, 0.15) is 5.82 Å². The number of nitrogens with one attached hydrogen (secondary N) is 1. The lowest BCUT2D eigenvalue weighted by Crippen LogP contribution is -2.42. The average Bonchev–Trinajstić information content (AvgIpc) is 3.52. The third-order valence-electron chi connectivity index (χ3n) is 8.10. The van der Waals surface area contributed by atoms with Crippen molar-refractivity contribution in [3.05, 3.63) is 59.4 Å². The number of carbonyl (C=O) groups excluding carboxylic acids is 1. The minimum Gasteiger partial charge on any atom is -0.452 e. The normalized spacial score (nSPS) is 26.4. The zero-order chi connectivity index (χ0) is 22.5. The quantitative estimate of drug-likeness (QED) is 0.636. The zero-order valence-corrected chi connectivity index (χ0v) is 19.5. The van der Waals surface area contributed by atoms with Gasteiger partial charge in [0.25, 0.3) is 0 Å². The van der Waals surface area contributed by atoms with Gasteiger partial charge in [-0.25, -0.2) is 9.78 Å². The number of rotatable bonds is 3. The Kier molecular flexibility index (Phi) is 5.13. The SMILES string of the molecule is COC(=O)N1c2ccc3c(nc(Cc4ccccc4)n3C3C[C@H]4CNC[C@H]4C3)c2CC[C@@H]1C. The summed E-state index contributed by atoms with van der Waals surface area (Å²) < 4.78 is 7.66. The molecule has 3 aliphatic rings. The van der Waals surface area contributed by atoms with Crippen LogP contribution in [-0.2, 0) is 17.6 Å². The summed E-state index contributed by atoms with van der Waals surface area (Å²) in [5, 5.41) is 3.57. The van der Waals surface area contributed by atoms with Gasteiger partial charge in [-0.2, -0.15) is 0 Å². The van der Waals surface area contributed by atoms with E-state index in [-0.39, 0.29) is 12.1 Å². The van der Waals surface area contributed by atoms with Crippen molar-refractivity contribution in [1.82, 2.24) is 14.9 Å². The first kappa shape index (κ1) is 20.7. The smallest absolute Gasteiger partial charge is 0.414 e. The third kappa shape index (κ3) is 3.43. The van der Waals surface area contributed by atoms with Crippen molar-refractivity contribution in [3.8, 4) is 0 Å². The Morgan fingerprint density at radius 3 is 2.61 bits per heavy atom. The van der Waals surface area contributed by atoms with Crippen molar-refractivity contribution < 1.29 is 9.53 Å². The Labute approximate surface area is 194 Å². The molecule has 1 saturated heterocycles. The standard InChI is InChI=1S/C27H32N4O2/c1-17-8-9-22-23(30(17)27(32)33-2)10-11-24-26(22)29-25(12-18-6-4-3-5-7-18)31(24)21-13-19-15-28-16-20(19)14-21/h3-7,10-11,17,19-21,28H,8-9,12-16H2,1-2H3/t17-,19-,20+,21?/m0/s1. The minimum atomic E-state index is -0.289. The predicted octanol–water partition coefficient (Wildman–Crippen LogP) is 4.71. The first-order valence-corrected chi connectivity index (χ1v) is 12.3. The second-order valence-corrected chi connectivity index (χ2v) is 10.0. The number of benzene rings is 2. The monoisotopic (exact) mass is 444 g/mol. The van der Waals surface area contributed by atoms with Crippen molar-refractivity contribution in [2.24, 2.45) is 11.8 Å². The number of hydrogen-bond donors (Lipinski definition) is 1. The van der Waals surface area contributed by atoms with Gasteiger partial charge in [0.15, 0.2) is 0 Å². The van der Waals surface area contributed by atoms with E-state index in [1.807, 2.05) is 0 Å². The second kappa shape index (κ2) is 8.17. The van der Waals surface area contributed by atoms with Gasteiger partial charge in [0.05, 0.1) is 23.8 Å². The van der Waals surface area contributed by atoms with Crippen LogP contribution in [0.2, 0.25) is 0 Å². The van der Waals surface area contributed by atoms with Gasteiger partial charge >= 0.3 is 6.09 Å². The number of aromatic nitrogens is 2. The molecular formula is C27H32N4O2. The van der Waals surface area contributed by atoms with Crippen molar-refractivity contribution >= 4 is 22.8 Å². The van der Waals surface area contributed by atoms with Gasteiger partial charge in [-0.15, -0.1) is 0 Å². The Bertz CT molecular complexity index is 1180. The van der Waals surface area contributed by atoms with Gasteiger partial charge in [-0.1, -0.05) is 30.3 Å². The highest BCUT2D eigenvalue weighted by Gasteiger charge is 2.40. The Balaban J connectivity index is 1.48. The van der Waals surface area contributed by atoms with E-state index in [0.29, 0.717) is 6.04 Å². The van der Waals surface area contributed by atoms with Crippen LogP contribution in [0, 0.1) is 11.8 Å². The average molecular weight is 445 g/mol. The summed E-state index contributed by atoms with van der Waals surface area (Å²) >= 11 is 0. The highest BCUT2D eigenvalue weighted by molar-refractivity contribution is 5.95. The Hall–Kier alpha value is -2.86. The van der Waals surface area contributed by atoms with E-state index < -0.39 is 0 Å². The Morgan fingerprint density at radius 2 is 1.88 bits per heavy atom. The summed E-state index contributed by atoms with van der Waals surface area (Å²) in [5.41, 5.74) is 5.71. The number of hydrogen-bond acceptors (Lipinski definition) is 4. The lowest BCUT2D eigenvalue weighted by atomic mass is 9.95. The first-order chi connectivity index (χ1) is 16.1. The molecular weight excluding hydrogens is 412 g/mol. The number of aryl methyl sites for hydroxylation is 1. The molecule has 2 aliphatic heterocycles. The Morgan fingerprint density at radius 1 is 1.12 bits per heavy atom. The van der Waals surface area contributed by atoms with Crippen LogP contribution in [0.15, 0.2) is 42.5 Å². The van der Waals surface area contributed by atoms with Crippen LogP contribution in [0.5, 0.6) is 0 Å². The third-order valence-corrected chi connectivity index (χ3v) is 8.10. The van der Waals surface area contributed by atoms with E-state index in [1.165, 1.54) is 36.6 Å². The van der Waals surface area contributed by atoms with Crippen molar-refractivity contribution in [2.75, 3.05) is 25.1 Å². The maximum Gasteiger partial charge on any atom is 0.414 e. The molecule has 1 aliphatic carbocycles. The number of anilines is 1. The largest absolute Gasteiger partial charge is 0.452 e. The predicted molar refractivity (Wildman–Crippen MR) is 130 cm³/mol. The molecule has 1 saturated carbocycles. The number of carbonyl (C=O) groups is 1. The fraction of sp³-hybridized carbons (Fsp3) is 0.481. The van der Waals surface area contributed by atoms with Gasteiger partial charge in [-0.05, 0) is 75.2 Å². The molecule has 6 rings (SSSR count). The summed E-state index contributed by atoms with van der Waals surface area (Å²) in [6.45, 7) is 4.38. The van der Waals surface area contributed by atoms with Gasteiger partial charge in [-0.3, -0.25) is 4.90 Å². The molecule has 1 unspecified atom stereocenters. The summed E-state index contributed by atoms with van der Waals surface area (Å²) in [6, 6.07) is 15.6. The van der Waals surface area contributed by atoms with Crippen molar-refractivity contribution in [1.29, 1.82) is 0 Å². The molecule has 4 atom stereocenters. The van der Waals surface area contributed by atoms with Crippen LogP contribution in [0.25, 0.3) is 11.0 Å². The lowest BCUT2D eigenvalue weighted by molar-refractivity contribution is 0.175. The molecule has 3 aromatic rings. The fourth-order valence-electron chi connectivity index (χ4n) is 6.48. The molecule has 6 nitrogen and oxygen atoms in total. The molecule has 2 aromatic carbocycles. The highest BCUT2D eigenvalue weighted by atomic mass is 16.5. The molecule has 0 bridgehead atoms. The molecule has 172 valence electrons. The van der Waals surface area contributed by atoms with Crippen LogP contribution in [0.3, 0.4) is 0 Å². The fourth-order valence-corrected chi connectivity index (χ4v) is 6.48. The number of amides is 1. The van der Waals surface area contributed by atoms with E-state index in [2.05, 4.69) is 59.3 Å². The number of methoxy groups -OCH3 is 1. The topological polar surface area (TPSA) is 59.4 Å².